The van der Waals surface area contributed by atoms with Gasteiger partial charge in [-0.3, -0.25) is 4.79 Å². The van der Waals surface area contributed by atoms with Gasteiger partial charge < -0.3 is 10.3 Å². The zero-order chi connectivity index (χ0) is 20.4. The number of nitrogens with two attached hydrogens (primary N) is 1. The summed E-state index contributed by atoms with van der Waals surface area (Å²) < 4.78 is 3.38. The monoisotopic (exact) mass is 448 g/mol. The Morgan fingerprint density at radius 1 is 0.966 bits per heavy atom. The molecule has 0 aliphatic heterocycles. The molecule has 4 heteroatoms. The number of halogens is 1. The normalized spacial score (nSPS) is 11.4. The number of aryl methyl sites for hydroxylation is 1. The SMILES string of the molecule is CCCCCc1ccc2c3c(C(N)=O)cccc3n(Cc3ccc(Br)cc3)c2c1. The van der Waals surface area contributed by atoms with Gasteiger partial charge in [0.05, 0.1) is 5.52 Å². The molecule has 3 aromatic carbocycles. The van der Waals surface area contributed by atoms with Crippen LogP contribution in [0.3, 0.4) is 0 Å². The summed E-state index contributed by atoms with van der Waals surface area (Å²) in [6, 6.07) is 20.8. The number of carbonyl (C=O) groups is 1. The van der Waals surface area contributed by atoms with Crippen LogP contribution in [0.5, 0.6) is 0 Å². The van der Waals surface area contributed by atoms with Crippen molar-refractivity contribution in [3.05, 3.63) is 81.8 Å². The molecule has 0 aliphatic rings. The molecule has 2 N–H and O–H groups in total. The molecule has 3 nitrogen and oxygen atoms in total. The van der Waals surface area contributed by atoms with E-state index in [-0.39, 0.29) is 5.91 Å². The van der Waals surface area contributed by atoms with Gasteiger partial charge in [0.15, 0.2) is 0 Å². The second-order valence-electron chi connectivity index (χ2n) is 7.59. The van der Waals surface area contributed by atoms with Crippen molar-refractivity contribution in [2.75, 3.05) is 0 Å². The van der Waals surface area contributed by atoms with Crippen LogP contribution in [0.25, 0.3) is 21.8 Å². The Hall–Kier alpha value is -2.59. The number of aromatic nitrogens is 1. The smallest absolute Gasteiger partial charge is 0.249 e. The lowest BCUT2D eigenvalue weighted by atomic mass is 10.0. The third kappa shape index (κ3) is 3.95. The topological polar surface area (TPSA) is 48.0 Å². The predicted octanol–water partition coefficient (Wildman–Crippen LogP) is 6.44. The molecule has 4 aromatic rings. The van der Waals surface area contributed by atoms with Crippen LogP contribution in [0.1, 0.15) is 47.7 Å². The number of benzene rings is 3. The van der Waals surface area contributed by atoms with Crippen molar-refractivity contribution in [2.45, 2.75) is 39.2 Å². The van der Waals surface area contributed by atoms with E-state index in [4.69, 9.17) is 5.73 Å². The van der Waals surface area contributed by atoms with Crippen LogP contribution in [0.15, 0.2) is 65.1 Å². The number of nitrogens with zero attached hydrogens (tertiary/aromatic N) is 1. The molecule has 1 heterocycles. The lowest BCUT2D eigenvalue weighted by molar-refractivity contribution is 0.100. The third-order valence-corrected chi connectivity index (χ3v) is 6.07. The van der Waals surface area contributed by atoms with Crippen molar-refractivity contribution in [1.29, 1.82) is 0 Å². The molecule has 0 bridgehead atoms. The molecule has 1 amide bonds. The van der Waals surface area contributed by atoms with E-state index < -0.39 is 0 Å². The Kier molecular flexibility index (Phi) is 5.72. The fourth-order valence-electron chi connectivity index (χ4n) is 4.07. The number of primary amides is 1. The van der Waals surface area contributed by atoms with Crippen molar-refractivity contribution in [3.8, 4) is 0 Å². The van der Waals surface area contributed by atoms with Crippen LogP contribution in [-0.2, 0) is 13.0 Å². The van der Waals surface area contributed by atoms with Gasteiger partial charge >= 0.3 is 0 Å². The minimum Gasteiger partial charge on any atom is -0.366 e. The zero-order valence-electron chi connectivity index (χ0n) is 16.6. The molecule has 0 saturated carbocycles. The Bertz CT molecular complexity index is 1180. The summed E-state index contributed by atoms with van der Waals surface area (Å²) in [5, 5.41) is 2.04. The van der Waals surface area contributed by atoms with E-state index in [1.807, 2.05) is 12.1 Å². The average molecular weight is 449 g/mol. The second-order valence-corrected chi connectivity index (χ2v) is 8.50. The van der Waals surface area contributed by atoms with Gasteiger partial charge in [0, 0.05) is 32.9 Å². The summed E-state index contributed by atoms with van der Waals surface area (Å²) in [4.78, 5) is 12.1. The van der Waals surface area contributed by atoms with E-state index >= 15 is 0 Å². The lowest BCUT2D eigenvalue weighted by Crippen LogP contribution is -2.11. The van der Waals surface area contributed by atoms with Gasteiger partial charge in [-0.2, -0.15) is 0 Å². The van der Waals surface area contributed by atoms with Gasteiger partial charge in [-0.05, 0) is 54.3 Å². The molecule has 0 atom stereocenters. The fourth-order valence-corrected chi connectivity index (χ4v) is 4.34. The first kappa shape index (κ1) is 19.7. The largest absolute Gasteiger partial charge is 0.366 e. The molecule has 0 spiro atoms. The number of amides is 1. The van der Waals surface area contributed by atoms with E-state index in [0.717, 1.165) is 39.2 Å². The van der Waals surface area contributed by atoms with Gasteiger partial charge in [-0.25, -0.2) is 0 Å². The summed E-state index contributed by atoms with van der Waals surface area (Å²) in [5.41, 5.74) is 11.1. The molecular formula is C25H25BrN2O. The zero-order valence-corrected chi connectivity index (χ0v) is 18.2. The fraction of sp³-hybridized carbons (Fsp3) is 0.240. The maximum atomic E-state index is 12.1. The van der Waals surface area contributed by atoms with Crippen LogP contribution in [0, 0.1) is 0 Å². The van der Waals surface area contributed by atoms with Crippen LogP contribution in [0.4, 0.5) is 0 Å². The van der Waals surface area contributed by atoms with Crippen molar-refractivity contribution >= 4 is 43.6 Å². The van der Waals surface area contributed by atoms with Crippen LogP contribution >= 0.6 is 15.9 Å². The van der Waals surface area contributed by atoms with Crippen molar-refractivity contribution < 1.29 is 4.79 Å². The molecule has 0 saturated heterocycles. The van der Waals surface area contributed by atoms with E-state index in [1.165, 1.54) is 30.4 Å². The van der Waals surface area contributed by atoms with Gasteiger partial charge in [0.1, 0.15) is 0 Å². The maximum Gasteiger partial charge on any atom is 0.249 e. The first-order valence-corrected chi connectivity index (χ1v) is 11.0. The highest BCUT2D eigenvalue weighted by atomic mass is 79.9. The van der Waals surface area contributed by atoms with Gasteiger partial charge in [0.25, 0.3) is 0 Å². The second kappa shape index (κ2) is 8.42. The van der Waals surface area contributed by atoms with Crippen LogP contribution in [-0.4, -0.2) is 10.5 Å². The Morgan fingerprint density at radius 3 is 2.45 bits per heavy atom. The summed E-state index contributed by atoms with van der Waals surface area (Å²) in [6.07, 6.45) is 4.73. The number of carbonyl (C=O) groups excluding carboxylic acids is 1. The molecule has 0 fully saturated rings. The molecule has 1 aromatic heterocycles. The van der Waals surface area contributed by atoms with Crippen molar-refractivity contribution in [3.63, 3.8) is 0 Å². The highest BCUT2D eigenvalue weighted by Crippen LogP contribution is 2.33. The van der Waals surface area contributed by atoms with Gasteiger partial charge in [-0.15, -0.1) is 0 Å². The molecule has 4 rings (SSSR count). The highest BCUT2D eigenvalue weighted by molar-refractivity contribution is 9.10. The standard InChI is InChI=1S/C25H25BrN2O/c1-2-3-4-6-17-11-14-20-23(15-17)28(16-18-9-12-19(26)13-10-18)22-8-5-7-21(24(20)22)25(27)29/h5,7-15H,2-4,6,16H2,1H3,(H2,27,29). The summed E-state index contributed by atoms with van der Waals surface area (Å²) in [5.74, 6) is -0.384. The maximum absolute atomic E-state index is 12.1. The van der Waals surface area contributed by atoms with Crippen LogP contribution < -0.4 is 5.73 Å². The number of unbranched alkanes of at least 4 members (excludes halogenated alkanes) is 2. The Balaban J connectivity index is 1.91. The first-order valence-electron chi connectivity index (χ1n) is 10.2. The minimum absolute atomic E-state index is 0.384. The number of rotatable bonds is 7. The number of hydrogen-bond donors (Lipinski definition) is 1. The van der Waals surface area contributed by atoms with E-state index in [0.29, 0.717) is 5.56 Å². The predicted molar refractivity (Wildman–Crippen MR) is 124 cm³/mol. The molecule has 148 valence electrons. The molecular weight excluding hydrogens is 424 g/mol. The minimum atomic E-state index is -0.384. The van der Waals surface area contributed by atoms with E-state index in [9.17, 15) is 4.79 Å². The molecule has 29 heavy (non-hydrogen) atoms. The van der Waals surface area contributed by atoms with Gasteiger partial charge in [-0.1, -0.05) is 66.0 Å². The lowest BCUT2D eigenvalue weighted by Gasteiger charge is -2.09. The molecule has 0 unspecified atom stereocenters. The van der Waals surface area contributed by atoms with Crippen molar-refractivity contribution in [2.24, 2.45) is 5.73 Å². The number of hydrogen-bond acceptors (Lipinski definition) is 1. The first-order chi connectivity index (χ1) is 14.1. The van der Waals surface area contributed by atoms with Crippen LogP contribution in [0.2, 0.25) is 0 Å². The summed E-state index contributed by atoms with van der Waals surface area (Å²) in [7, 11) is 0. The highest BCUT2D eigenvalue weighted by Gasteiger charge is 2.17. The van der Waals surface area contributed by atoms with Crippen molar-refractivity contribution in [1.82, 2.24) is 4.57 Å². The Labute approximate surface area is 179 Å². The average Bonchev–Trinajstić information content (AvgIpc) is 3.03. The molecule has 0 radical (unpaired) electrons. The van der Waals surface area contributed by atoms with E-state index in [1.54, 1.807) is 0 Å². The van der Waals surface area contributed by atoms with Gasteiger partial charge in [0.2, 0.25) is 5.91 Å². The van der Waals surface area contributed by atoms with E-state index in [2.05, 4.69) is 76.0 Å². The summed E-state index contributed by atoms with van der Waals surface area (Å²) >= 11 is 3.51. The summed E-state index contributed by atoms with van der Waals surface area (Å²) in [6.45, 7) is 2.97. The third-order valence-electron chi connectivity index (χ3n) is 5.54. The quantitative estimate of drug-likeness (QED) is 0.325. The Morgan fingerprint density at radius 2 is 1.72 bits per heavy atom. The molecule has 0 aliphatic carbocycles. The number of fused-ring (bicyclic) bond motifs is 3.